The molecule has 1 aliphatic rings. The molecular formula is C17H26BrNO. The topological polar surface area (TPSA) is 35.2 Å². The molecule has 2 N–H and O–H groups in total. The van der Waals surface area contributed by atoms with Crippen molar-refractivity contribution in [1.82, 2.24) is 0 Å². The Morgan fingerprint density at radius 2 is 2.05 bits per heavy atom. The molecule has 1 aliphatic carbocycles. The summed E-state index contributed by atoms with van der Waals surface area (Å²) in [5, 5.41) is 0. The summed E-state index contributed by atoms with van der Waals surface area (Å²) in [6, 6.07) is 6.38. The lowest BCUT2D eigenvalue weighted by Crippen LogP contribution is -2.24. The second-order valence-corrected chi connectivity index (χ2v) is 6.92. The first-order valence-corrected chi connectivity index (χ1v) is 8.56. The molecule has 1 saturated carbocycles. The minimum Gasteiger partial charge on any atom is -0.496 e. The average Bonchev–Trinajstić information content (AvgIpc) is 2.46. The van der Waals surface area contributed by atoms with Crippen LogP contribution in [-0.4, -0.2) is 13.2 Å². The first kappa shape index (κ1) is 15.8. The molecule has 1 aromatic rings. The molecule has 1 atom stereocenters. The molecule has 0 bridgehead atoms. The number of halogens is 1. The maximum Gasteiger partial charge on any atom is 0.122 e. The van der Waals surface area contributed by atoms with Gasteiger partial charge in [0, 0.05) is 10.5 Å². The molecule has 0 saturated heterocycles. The van der Waals surface area contributed by atoms with Gasteiger partial charge in [-0.2, -0.15) is 0 Å². The van der Waals surface area contributed by atoms with Crippen LogP contribution in [0, 0.1) is 5.92 Å². The van der Waals surface area contributed by atoms with E-state index in [1.54, 1.807) is 7.11 Å². The van der Waals surface area contributed by atoms with Crippen LogP contribution in [0.1, 0.15) is 50.5 Å². The maximum atomic E-state index is 6.33. The molecule has 0 spiro atoms. The predicted molar refractivity (Wildman–Crippen MR) is 88.2 cm³/mol. The summed E-state index contributed by atoms with van der Waals surface area (Å²) in [6.07, 6.45) is 10.4. The third-order valence-electron chi connectivity index (χ3n) is 4.40. The van der Waals surface area contributed by atoms with Gasteiger partial charge in [0.25, 0.3) is 0 Å². The van der Waals surface area contributed by atoms with Gasteiger partial charge in [0.05, 0.1) is 7.11 Å². The molecule has 2 nitrogen and oxygen atoms in total. The van der Waals surface area contributed by atoms with Gasteiger partial charge in [-0.1, -0.05) is 48.0 Å². The lowest BCUT2D eigenvalue weighted by atomic mass is 9.85. The number of rotatable bonds is 6. The molecule has 0 amide bonds. The zero-order chi connectivity index (χ0) is 14.4. The minimum absolute atomic E-state index is 0.236. The Labute approximate surface area is 131 Å². The molecule has 1 fully saturated rings. The second kappa shape index (κ2) is 8.04. The zero-order valence-electron chi connectivity index (χ0n) is 12.4. The van der Waals surface area contributed by atoms with Gasteiger partial charge in [-0.05, 0) is 48.9 Å². The number of methoxy groups -OCH3 is 1. The maximum absolute atomic E-state index is 6.33. The van der Waals surface area contributed by atoms with E-state index in [0.717, 1.165) is 29.0 Å². The molecule has 3 heteroatoms. The Morgan fingerprint density at radius 3 is 2.75 bits per heavy atom. The summed E-state index contributed by atoms with van der Waals surface area (Å²) in [7, 11) is 1.72. The Hall–Kier alpha value is -0.540. The second-order valence-electron chi connectivity index (χ2n) is 6.00. The van der Waals surface area contributed by atoms with E-state index >= 15 is 0 Å². The molecule has 2 rings (SSSR count). The van der Waals surface area contributed by atoms with Crippen molar-refractivity contribution in [2.75, 3.05) is 7.11 Å². The largest absolute Gasteiger partial charge is 0.496 e. The number of nitrogens with two attached hydrogens (primary N) is 1. The summed E-state index contributed by atoms with van der Waals surface area (Å²) in [4.78, 5) is 0. The highest BCUT2D eigenvalue weighted by Crippen LogP contribution is 2.29. The van der Waals surface area contributed by atoms with Crippen molar-refractivity contribution in [1.29, 1.82) is 0 Å². The van der Waals surface area contributed by atoms with Crippen molar-refractivity contribution < 1.29 is 4.74 Å². The summed E-state index contributed by atoms with van der Waals surface area (Å²) in [5.74, 6) is 1.86. The molecular weight excluding hydrogens is 314 g/mol. The van der Waals surface area contributed by atoms with Crippen molar-refractivity contribution in [2.45, 2.75) is 57.4 Å². The molecule has 0 aromatic heterocycles. The van der Waals surface area contributed by atoms with Crippen LogP contribution in [0.2, 0.25) is 0 Å². The molecule has 0 heterocycles. The highest BCUT2D eigenvalue weighted by atomic mass is 79.9. The Morgan fingerprint density at radius 1 is 1.30 bits per heavy atom. The van der Waals surface area contributed by atoms with Crippen LogP contribution in [0.3, 0.4) is 0 Å². The van der Waals surface area contributed by atoms with Gasteiger partial charge in [0.2, 0.25) is 0 Å². The van der Waals surface area contributed by atoms with Crippen LogP contribution in [0.25, 0.3) is 0 Å². The van der Waals surface area contributed by atoms with Crippen molar-refractivity contribution in [3.8, 4) is 5.75 Å². The molecule has 20 heavy (non-hydrogen) atoms. The number of ether oxygens (including phenoxy) is 1. The summed E-state index contributed by atoms with van der Waals surface area (Å²) < 4.78 is 6.51. The van der Waals surface area contributed by atoms with Gasteiger partial charge in [-0.3, -0.25) is 0 Å². The molecule has 0 radical (unpaired) electrons. The van der Waals surface area contributed by atoms with E-state index in [0.29, 0.717) is 0 Å². The standard InChI is InChI=1S/C17H26BrNO/c1-20-17-10-8-15(18)11-14(17)12-16(19)9-7-13-5-3-2-4-6-13/h8,10-11,13,16H,2-7,9,12,19H2,1H3. The fourth-order valence-electron chi connectivity index (χ4n) is 3.22. The number of hydrogen-bond acceptors (Lipinski definition) is 2. The third kappa shape index (κ3) is 4.78. The average molecular weight is 340 g/mol. The highest BCUT2D eigenvalue weighted by Gasteiger charge is 2.16. The van der Waals surface area contributed by atoms with E-state index in [9.17, 15) is 0 Å². The monoisotopic (exact) mass is 339 g/mol. The van der Waals surface area contributed by atoms with Gasteiger partial charge < -0.3 is 10.5 Å². The number of hydrogen-bond donors (Lipinski definition) is 1. The summed E-state index contributed by atoms with van der Waals surface area (Å²) in [6.45, 7) is 0. The predicted octanol–water partition coefficient (Wildman–Crippen LogP) is 4.69. The SMILES string of the molecule is COc1ccc(Br)cc1CC(N)CCC1CCCCC1. The van der Waals surface area contributed by atoms with Crippen LogP contribution in [0.5, 0.6) is 5.75 Å². The highest BCUT2D eigenvalue weighted by molar-refractivity contribution is 9.10. The van der Waals surface area contributed by atoms with Gasteiger partial charge >= 0.3 is 0 Å². The fourth-order valence-corrected chi connectivity index (χ4v) is 3.63. The smallest absolute Gasteiger partial charge is 0.122 e. The Balaban J connectivity index is 1.84. The minimum atomic E-state index is 0.236. The Kier molecular flexibility index (Phi) is 6.37. The van der Waals surface area contributed by atoms with Crippen LogP contribution in [0.4, 0.5) is 0 Å². The van der Waals surface area contributed by atoms with Crippen molar-refractivity contribution in [2.24, 2.45) is 11.7 Å². The van der Waals surface area contributed by atoms with Crippen LogP contribution in [0.15, 0.2) is 22.7 Å². The fraction of sp³-hybridized carbons (Fsp3) is 0.647. The first-order chi connectivity index (χ1) is 9.69. The number of benzene rings is 1. The first-order valence-electron chi connectivity index (χ1n) is 7.77. The van der Waals surface area contributed by atoms with Crippen molar-refractivity contribution in [3.05, 3.63) is 28.2 Å². The van der Waals surface area contributed by atoms with E-state index in [4.69, 9.17) is 10.5 Å². The van der Waals surface area contributed by atoms with Crippen LogP contribution in [-0.2, 0) is 6.42 Å². The molecule has 0 aliphatic heterocycles. The quantitative estimate of drug-likeness (QED) is 0.815. The van der Waals surface area contributed by atoms with E-state index in [1.165, 1.54) is 44.1 Å². The Bertz CT molecular complexity index is 415. The van der Waals surface area contributed by atoms with Gasteiger partial charge in [0.15, 0.2) is 0 Å². The third-order valence-corrected chi connectivity index (χ3v) is 4.89. The normalized spacial score (nSPS) is 17.9. The van der Waals surface area contributed by atoms with Gasteiger partial charge in [0.1, 0.15) is 5.75 Å². The van der Waals surface area contributed by atoms with E-state index in [-0.39, 0.29) is 6.04 Å². The summed E-state index contributed by atoms with van der Waals surface area (Å²) >= 11 is 3.52. The van der Waals surface area contributed by atoms with E-state index in [2.05, 4.69) is 22.0 Å². The zero-order valence-corrected chi connectivity index (χ0v) is 14.0. The summed E-state index contributed by atoms with van der Waals surface area (Å²) in [5.41, 5.74) is 7.53. The van der Waals surface area contributed by atoms with Crippen molar-refractivity contribution >= 4 is 15.9 Å². The molecule has 1 aromatic carbocycles. The lowest BCUT2D eigenvalue weighted by Gasteiger charge is -2.23. The lowest BCUT2D eigenvalue weighted by molar-refractivity contribution is 0.322. The molecule has 112 valence electrons. The van der Waals surface area contributed by atoms with E-state index < -0.39 is 0 Å². The van der Waals surface area contributed by atoms with E-state index in [1.807, 2.05) is 12.1 Å². The van der Waals surface area contributed by atoms with Gasteiger partial charge in [-0.25, -0.2) is 0 Å². The van der Waals surface area contributed by atoms with Gasteiger partial charge in [-0.15, -0.1) is 0 Å². The molecule has 1 unspecified atom stereocenters. The van der Waals surface area contributed by atoms with Crippen LogP contribution < -0.4 is 10.5 Å². The van der Waals surface area contributed by atoms with Crippen LogP contribution >= 0.6 is 15.9 Å². The van der Waals surface area contributed by atoms with Crippen molar-refractivity contribution in [3.63, 3.8) is 0 Å².